The molecule has 0 nitrogen and oxygen atoms in total. The van der Waals surface area contributed by atoms with Gasteiger partial charge in [0.25, 0.3) is 0 Å². The van der Waals surface area contributed by atoms with E-state index in [0.29, 0.717) is 0 Å². The van der Waals surface area contributed by atoms with Gasteiger partial charge < -0.3 is 14.1 Å². The minimum absolute atomic E-state index is 0. The summed E-state index contributed by atoms with van der Waals surface area (Å²) in [5, 5.41) is 0. The van der Waals surface area contributed by atoms with Crippen molar-refractivity contribution in [3.63, 3.8) is 0 Å². The molecule has 0 spiro atoms. The minimum atomic E-state index is 0. The molecular weight excluding hydrogens is 260 g/mol. The molecule has 0 aliphatic carbocycles. The van der Waals surface area contributed by atoms with Crippen molar-refractivity contribution in [2.24, 2.45) is 0 Å². The summed E-state index contributed by atoms with van der Waals surface area (Å²) in [5.74, 6) is 0. The average molecular weight is 267 g/mol. The Kier molecular flexibility index (Phi) is 15.2. The van der Waals surface area contributed by atoms with Crippen LogP contribution in [0.1, 0.15) is 5.56 Å². The Hall–Kier alpha value is -0.191. The van der Waals surface area contributed by atoms with E-state index in [1.165, 1.54) is 10.0 Å². The Morgan fingerprint density at radius 3 is 1.64 bits per heavy atom. The van der Waals surface area contributed by atoms with Crippen molar-refractivity contribution in [3.05, 3.63) is 35.9 Å². The van der Waals surface area contributed by atoms with E-state index in [4.69, 9.17) is 0 Å². The van der Waals surface area contributed by atoms with E-state index in [2.05, 4.69) is 30.3 Å². The van der Waals surface area contributed by atoms with Crippen molar-refractivity contribution >= 4 is 22.5 Å². The van der Waals surface area contributed by atoms with Crippen LogP contribution in [-0.4, -0.2) is 22.5 Å². The summed E-state index contributed by atoms with van der Waals surface area (Å²) in [6, 6.07) is 10.5. The molecule has 0 bridgehead atoms. The topological polar surface area (TPSA) is 0 Å². The van der Waals surface area contributed by atoms with E-state index >= 15 is 0 Å². The number of hydrogen-bond donors (Lipinski definition) is 0. The summed E-state index contributed by atoms with van der Waals surface area (Å²) >= 11 is 1.59. The standard InChI is InChI=1S/C7H7.3FH.Sn/c1-7-5-3-2-4-6-7;;;;/h2-6H,1H2;3*1H;/q;;;;+3/p-3. The summed E-state index contributed by atoms with van der Waals surface area (Å²) in [6.45, 7) is 0. The monoisotopic (exact) mass is 268 g/mol. The van der Waals surface area contributed by atoms with Gasteiger partial charge in [0, 0.05) is 0 Å². The summed E-state index contributed by atoms with van der Waals surface area (Å²) in [4.78, 5) is 0. The van der Waals surface area contributed by atoms with Crippen LogP contribution in [-0.2, 0) is 4.44 Å². The van der Waals surface area contributed by atoms with Crippen LogP contribution in [0.3, 0.4) is 0 Å². The fourth-order valence-corrected chi connectivity index (χ4v) is 1.27. The van der Waals surface area contributed by atoms with Crippen molar-refractivity contribution in [3.8, 4) is 0 Å². The third kappa shape index (κ3) is 6.22. The second-order valence-corrected chi connectivity index (χ2v) is 2.67. The first kappa shape index (κ1) is 17.1. The fraction of sp³-hybridized carbons (Fsp3) is 0.143. The van der Waals surface area contributed by atoms with Crippen LogP contribution in [0.4, 0.5) is 0 Å². The molecule has 0 fully saturated rings. The van der Waals surface area contributed by atoms with Crippen LogP contribution in [0.2, 0.25) is 0 Å². The van der Waals surface area contributed by atoms with E-state index in [1.54, 1.807) is 22.5 Å². The van der Waals surface area contributed by atoms with Gasteiger partial charge in [0.15, 0.2) is 0 Å². The van der Waals surface area contributed by atoms with Gasteiger partial charge in [-0.05, 0) is 0 Å². The van der Waals surface area contributed by atoms with Gasteiger partial charge >= 0.3 is 62.9 Å². The molecule has 0 amide bonds. The van der Waals surface area contributed by atoms with Crippen LogP contribution in [0.25, 0.3) is 0 Å². The predicted molar refractivity (Wildman–Crippen MR) is 35.9 cm³/mol. The number of halogens is 3. The molecule has 0 radical (unpaired) electrons. The van der Waals surface area contributed by atoms with Crippen molar-refractivity contribution < 1.29 is 14.1 Å². The normalized spacial score (nSPS) is 6.73. The van der Waals surface area contributed by atoms with Crippen molar-refractivity contribution in [1.29, 1.82) is 0 Å². The van der Waals surface area contributed by atoms with Crippen LogP contribution in [0.15, 0.2) is 30.3 Å². The molecule has 0 aliphatic heterocycles. The molecule has 0 aromatic heterocycles. The van der Waals surface area contributed by atoms with Crippen molar-refractivity contribution in [2.75, 3.05) is 0 Å². The fourth-order valence-electron chi connectivity index (χ4n) is 0.596. The van der Waals surface area contributed by atoms with E-state index in [-0.39, 0.29) is 14.1 Å². The van der Waals surface area contributed by atoms with Gasteiger partial charge in [-0.3, -0.25) is 0 Å². The van der Waals surface area contributed by atoms with Gasteiger partial charge in [0.05, 0.1) is 0 Å². The molecule has 0 saturated carbocycles. The zero-order valence-electron chi connectivity index (χ0n) is 5.73. The molecule has 0 saturated heterocycles. The van der Waals surface area contributed by atoms with Gasteiger partial charge in [-0.2, -0.15) is 0 Å². The van der Waals surface area contributed by atoms with Crippen LogP contribution in [0.5, 0.6) is 0 Å². The first-order valence-corrected chi connectivity index (χ1v) is 4.64. The predicted octanol–water partition coefficient (Wildman–Crippen LogP) is -7.63. The summed E-state index contributed by atoms with van der Waals surface area (Å²) < 4.78 is 1.23. The van der Waals surface area contributed by atoms with Gasteiger partial charge in [0.1, 0.15) is 0 Å². The van der Waals surface area contributed by atoms with E-state index in [9.17, 15) is 0 Å². The van der Waals surface area contributed by atoms with E-state index in [0.717, 1.165) is 0 Å². The molecule has 0 atom stereocenters. The molecule has 0 heterocycles. The summed E-state index contributed by atoms with van der Waals surface area (Å²) in [5.41, 5.74) is 1.45. The van der Waals surface area contributed by atoms with Crippen LogP contribution >= 0.6 is 0 Å². The van der Waals surface area contributed by atoms with E-state index in [1.807, 2.05) is 0 Å². The van der Waals surface area contributed by atoms with Gasteiger partial charge in [-0.15, -0.1) is 0 Å². The Bertz CT molecular complexity index is 155. The third-order valence-electron chi connectivity index (χ3n) is 1.05. The Balaban J connectivity index is -0.000000213. The second-order valence-electron chi connectivity index (χ2n) is 1.66. The first-order chi connectivity index (χ1) is 3.93. The first-order valence-electron chi connectivity index (χ1n) is 2.62. The molecule has 1 aromatic rings. The molecule has 11 heavy (non-hydrogen) atoms. The SMILES string of the molecule is [F-].[F-].[F-].[Sn+3][CH2]c1ccccc1. The Morgan fingerprint density at radius 1 is 0.909 bits per heavy atom. The zero-order chi connectivity index (χ0) is 5.82. The molecule has 0 N–H and O–H groups in total. The maximum atomic E-state index is 2.16. The van der Waals surface area contributed by atoms with Crippen molar-refractivity contribution in [1.82, 2.24) is 0 Å². The Labute approximate surface area is 77.2 Å². The number of benzene rings is 1. The second kappa shape index (κ2) is 9.81. The molecule has 0 unspecified atom stereocenters. The molecule has 60 valence electrons. The van der Waals surface area contributed by atoms with Crippen molar-refractivity contribution in [2.45, 2.75) is 4.44 Å². The molecule has 1 rings (SSSR count). The number of hydrogen-bond acceptors (Lipinski definition) is 0. The zero-order valence-corrected chi connectivity index (χ0v) is 8.58. The molecular formula is C7H7F3Sn. The van der Waals surface area contributed by atoms with Gasteiger partial charge in [-0.25, -0.2) is 0 Å². The van der Waals surface area contributed by atoms with Gasteiger partial charge in [-0.1, -0.05) is 0 Å². The molecule has 4 heteroatoms. The van der Waals surface area contributed by atoms with Crippen LogP contribution in [0, 0.1) is 0 Å². The number of rotatable bonds is 1. The van der Waals surface area contributed by atoms with Crippen LogP contribution < -0.4 is 14.1 Å². The quantitative estimate of drug-likeness (QED) is 0.443. The third-order valence-corrected chi connectivity index (χ3v) is 2.21. The summed E-state index contributed by atoms with van der Waals surface area (Å²) in [7, 11) is 0. The average Bonchev–Trinajstić information content (AvgIpc) is 1.90. The molecule has 1 aromatic carbocycles. The van der Waals surface area contributed by atoms with Gasteiger partial charge in [0.2, 0.25) is 0 Å². The van der Waals surface area contributed by atoms with E-state index < -0.39 is 0 Å². The summed E-state index contributed by atoms with van der Waals surface area (Å²) in [6.07, 6.45) is 0. The maximum absolute atomic E-state index is 2.16. The molecule has 0 aliphatic rings. The Morgan fingerprint density at radius 2 is 1.36 bits per heavy atom.